The highest BCUT2D eigenvalue weighted by atomic mass is 32.1. The zero-order valence-corrected chi connectivity index (χ0v) is 16.3. The number of hydrogen-bond donors (Lipinski definition) is 2. The molecule has 8 heteroatoms. The van der Waals surface area contributed by atoms with Gasteiger partial charge in [0.05, 0.1) is 6.04 Å². The number of carbonyl (C=O) groups is 2. The number of thiophene rings is 1. The van der Waals surface area contributed by atoms with E-state index in [1.807, 2.05) is 5.38 Å². The largest absolute Gasteiger partial charge is 0.486 e. The maximum Gasteiger partial charge on any atom is 0.313 e. The molecular weight excluding hydrogens is 378 g/mol. The number of rotatable bonds is 5. The number of anilines is 1. The lowest BCUT2D eigenvalue weighted by Crippen LogP contribution is -2.41. The summed E-state index contributed by atoms with van der Waals surface area (Å²) >= 11 is 1.64. The summed E-state index contributed by atoms with van der Waals surface area (Å²) in [7, 11) is 0. The highest BCUT2D eigenvalue weighted by molar-refractivity contribution is 7.08. The molecule has 1 saturated heterocycles. The summed E-state index contributed by atoms with van der Waals surface area (Å²) in [5.74, 6) is -0.134. The van der Waals surface area contributed by atoms with Crippen LogP contribution in [0.3, 0.4) is 0 Å². The van der Waals surface area contributed by atoms with Gasteiger partial charge >= 0.3 is 11.8 Å². The van der Waals surface area contributed by atoms with Gasteiger partial charge in [0, 0.05) is 18.3 Å². The van der Waals surface area contributed by atoms with Gasteiger partial charge in [0.2, 0.25) is 0 Å². The molecule has 28 heavy (non-hydrogen) atoms. The van der Waals surface area contributed by atoms with Gasteiger partial charge in [-0.05, 0) is 60.5 Å². The number of benzene rings is 1. The van der Waals surface area contributed by atoms with Crippen LogP contribution in [0, 0.1) is 0 Å². The minimum Gasteiger partial charge on any atom is -0.486 e. The van der Waals surface area contributed by atoms with Crippen molar-refractivity contribution in [2.75, 3.05) is 38.2 Å². The molecule has 0 spiro atoms. The topological polar surface area (TPSA) is 79.9 Å². The third-order valence-corrected chi connectivity index (χ3v) is 5.67. The number of likely N-dealkylation sites (tertiary alicyclic amines) is 1. The van der Waals surface area contributed by atoms with Crippen molar-refractivity contribution >= 4 is 28.8 Å². The van der Waals surface area contributed by atoms with E-state index in [-0.39, 0.29) is 6.04 Å². The normalized spacial score (nSPS) is 17.1. The van der Waals surface area contributed by atoms with Crippen LogP contribution in [-0.4, -0.2) is 49.6 Å². The van der Waals surface area contributed by atoms with E-state index >= 15 is 0 Å². The molecule has 0 unspecified atom stereocenters. The summed E-state index contributed by atoms with van der Waals surface area (Å²) in [6, 6.07) is 7.26. The summed E-state index contributed by atoms with van der Waals surface area (Å²) < 4.78 is 11.0. The standard InChI is InChI=1S/C20H23N3O4S/c24-19(20(25)22-15-3-4-17-18(11-15)27-9-8-26-17)21-12-16(14-5-10-28-13-14)23-6-1-2-7-23/h3-5,10-11,13,16H,1-2,6-9,12H2,(H,21,24)(H,22,25)/t16-/m0/s1. The fourth-order valence-corrected chi connectivity index (χ4v) is 4.26. The Labute approximate surface area is 167 Å². The van der Waals surface area contributed by atoms with Gasteiger partial charge in [0.25, 0.3) is 0 Å². The molecule has 2 aromatic rings. The number of carbonyl (C=O) groups excluding carboxylic acids is 2. The van der Waals surface area contributed by atoms with E-state index in [1.165, 1.54) is 18.4 Å². The molecule has 0 saturated carbocycles. The van der Waals surface area contributed by atoms with Crippen LogP contribution in [0.2, 0.25) is 0 Å². The Morgan fingerprint density at radius 1 is 1.07 bits per heavy atom. The van der Waals surface area contributed by atoms with Crippen LogP contribution in [0.1, 0.15) is 24.4 Å². The molecule has 1 aromatic carbocycles. The molecule has 7 nitrogen and oxygen atoms in total. The highest BCUT2D eigenvalue weighted by Crippen LogP contribution is 2.32. The summed E-state index contributed by atoms with van der Waals surface area (Å²) in [5.41, 5.74) is 1.68. The third-order valence-electron chi connectivity index (χ3n) is 4.97. The molecule has 2 amide bonds. The van der Waals surface area contributed by atoms with E-state index in [9.17, 15) is 9.59 Å². The Morgan fingerprint density at radius 3 is 2.61 bits per heavy atom. The van der Waals surface area contributed by atoms with Crippen molar-refractivity contribution in [3.63, 3.8) is 0 Å². The van der Waals surface area contributed by atoms with Crippen LogP contribution in [-0.2, 0) is 9.59 Å². The lowest BCUT2D eigenvalue weighted by atomic mass is 10.1. The Kier molecular flexibility index (Phi) is 5.78. The van der Waals surface area contributed by atoms with Crippen molar-refractivity contribution in [1.82, 2.24) is 10.2 Å². The average molecular weight is 401 g/mol. The smallest absolute Gasteiger partial charge is 0.313 e. The summed E-state index contributed by atoms with van der Waals surface area (Å²) in [5, 5.41) is 9.55. The number of ether oxygens (including phenoxy) is 2. The Balaban J connectivity index is 1.35. The van der Waals surface area contributed by atoms with Crippen LogP contribution in [0.5, 0.6) is 11.5 Å². The van der Waals surface area contributed by atoms with Gasteiger partial charge < -0.3 is 20.1 Å². The third kappa shape index (κ3) is 4.28. The predicted octanol–water partition coefficient (Wildman–Crippen LogP) is 2.41. The van der Waals surface area contributed by atoms with Gasteiger partial charge in [0.15, 0.2) is 11.5 Å². The maximum absolute atomic E-state index is 12.3. The molecule has 2 aliphatic rings. The zero-order valence-electron chi connectivity index (χ0n) is 15.5. The lowest BCUT2D eigenvalue weighted by Gasteiger charge is -2.27. The molecule has 2 aliphatic heterocycles. The van der Waals surface area contributed by atoms with Gasteiger partial charge in [-0.2, -0.15) is 11.3 Å². The molecule has 3 heterocycles. The lowest BCUT2D eigenvalue weighted by molar-refractivity contribution is -0.136. The molecule has 1 aromatic heterocycles. The molecule has 0 aliphatic carbocycles. The Bertz CT molecular complexity index is 834. The first kappa shape index (κ1) is 18.8. The number of fused-ring (bicyclic) bond motifs is 1. The average Bonchev–Trinajstić information content (AvgIpc) is 3.42. The van der Waals surface area contributed by atoms with E-state index in [0.29, 0.717) is 36.9 Å². The fourth-order valence-electron chi connectivity index (χ4n) is 3.55. The van der Waals surface area contributed by atoms with Crippen LogP contribution >= 0.6 is 11.3 Å². The molecular formula is C20H23N3O4S. The number of nitrogens with one attached hydrogen (secondary N) is 2. The van der Waals surface area contributed by atoms with E-state index < -0.39 is 11.8 Å². The minimum atomic E-state index is -0.692. The minimum absolute atomic E-state index is 0.0970. The van der Waals surface area contributed by atoms with Crippen molar-refractivity contribution in [3.05, 3.63) is 40.6 Å². The molecule has 0 bridgehead atoms. The second kappa shape index (κ2) is 8.62. The first-order valence-corrected chi connectivity index (χ1v) is 10.4. The Morgan fingerprint density at radius 2 is 1.86 bits per heavy atom. The zero-order chi connectivity index (χ0) is 19.3. The Hall–Kier alpha value is -2.58. The highest BCUT2D eigenvalue weighted by Gasteiger charge is 2.25. The van der Waals surface area contributed by atoms with Gasteiger partial charge in [0.1, 0.15) is 13.2 Å². The van der Waals surface area contributed by atoms with Crippen molar-refractivity contribution in [2.24, 2.45) is 0 Å². The molecule has 148 valence electrons. The van der Waals surface area contributed by atoms with Crippen molar-refractivity contribution in [1.29, 1.82) is 0 Å². The van der Waals surface area contributed by atoms with Crippen LogP contribution in [0.25, 0.3) is 0 Å². The van der Waals surface area contributed by atoms with Crippen LogP contribution in [0.15, 0.2) is 35.0 Å². The fraction of sp³-hybridized carbons (Fsp3) is 0.400. The van der Waals surface area contributed by atoms with Crippen LogP contribution in [0.4, 0.5) is 5.69 Å². The molecule has 0 radical (unpaired) electrons. The first-order chi connectivity index (χ1) is 13.7. The van der Waals surface area contributed by atoms with Gasteiger partial charge in [-0.1, -0.05) is 0 Å². The molecule has 2 N–H and O–H groups in total. The van der Waals surface area contributed by atoms with E-state index in [2.05, 4.69) is 27.0 Å². The summed E-state index contributed by atoms with van der Waals surface area (Å²) in [6.45, 7) is 3.40. The SMILES string of the molecule is O=C(NC[C@@H](c1ccsc1)N1CCCC1)C(=O)Nc1ccc2c(c1)OCCO2. The molecule has 1 fully saturated rings. The van der Waals surface area contributed by atoms with E-state index in [1.54, 1.807) is 29.5 Å². The van der Waals surface area contributed by atoms with Gasteiger partial charge in [-0.15, -0.1) is 0 Å². The second-order valence-corrected chi connectivity index (χ2v) is 7.62. The maximum atomic E-state index is 12.3. The van der Waals surface area contributed by atoms with Gasteiger partial charge in [-0.25, -0.2) is 0 Å². The predicted molar refractivity (Wildman–Crippen MR) is 107 cm³/mol. The molecule has 4 rings (SSSR count). The van der Waals surface area contributed by atoms with Crippen LogP contribution < -0.4 is 20.1 Å². The monoisotopic (exact) mass is 401 g/mol. The first-order valence-electron chi connectivity index (χ1n) is 9.46. The van der Waals surface area contributed by atoms with E-state index in [0.717, 1.165) is 13.1 Å². The quantitative estimate of drug-likeness (QED) is 0.752. The van der Waals surface area contributed by atoms with Crippen molar-refractivity contribution < 1.29 is 19.1 Å². The van der Waals surface area contributed by atoms with Crippen molar-refractivity contribution in [2.45, 2.75) is 18.9 Å². The second-order valence-electron chi connectivity index (χ2n) is 6.84. The number of nitrogens with zero attached hydrogens (tertiary/aromatic N) is 1. The molecule has 1 atom stereocenters. The summed E-state index contributed by atoms with van der Waals surface area (Å²) in [4.78, 5) is 27.0. The van der Waals surface area contributed by atoms with E-state index in [4.69, 9.17) is 9.47 Å². The van der Waals surface area contributed by atoms with Crippen molar-refractivity contribution in [3.8, 4) is 11.5 Å². The van der Waals surface area contributed by atoms with Gasteiger partial charge in [-0.3, -0.25) is 14.5 Å². The number of hydrogen-bond acceptors (Lipinski definition) is 6. The summed E-state index contributed by atoms with van der Waals surface area (Å²) in [6.07, 6.45) is 2.33. The number of amides is 2.